The van der Waals surface area contributed by atoms with E-state index in [4.69, 9.17) is 9.47 Å². The van der Waals surface area contributed by atoms with Crippen molar-refractivity contribution in [1.29, 1.82) is 0 Å². The van der Waals surface area contributed by atoms with Crippen molar-refractivity contribution in [1.82, 2.24) is 15.1 Å². The van der Waals surface area contributed by atoms with Crippen molar-refractivity contribution in [2.24, 2.45) is 7.05 Å². The topological polar surface area (TPSA) is 103 Å². The SMILES string of the molecule is COc1ccc(C(CC(=O)O)NC(=O)CCc2cnn(C)c2)c(OC)c1. The summed E-state index contributed by atoms with van der Waals surface area (Å²) in [6.07, 6.45) is 4.06. The molecule has 1 heterocycles. The van der Waals surface area contributed by atoms with Crippen molar-refractivity contribution >= 4 is 11.9 Å². The van der Waals surface area contributed by atoms with Gasteiger partial charge in [0.1, 0.15) is 11.5 Å². The van der Waals surface area contributed by atoms with Crippen molar-refractivity contribution < 1.29 is 24.2 Å². The van der Waals surface area contributed by atoms with Gasteiger partial charge in [-0.05, 0) is 24.1 Å². The first-order valence-corrected chi connectivity index (χ1v) is 8.13. The van der Waals surface area contributed by atoms with Gasteiger partial charge >= 0.3 is 5.97 Å². The molecule has 0 saturated heterocycles. The Labute approximate surface area is 151 Å². The van der Waals surface area contributed by atoms with E-state index >= 15 is 0 Å². The van der Waals surface area contributed by atoms with E-state index in [9.17, 15) is 14.7 Å². The Bertz CT molecular complexity index is 772. The summed E-state index contributed by atoms with van der Waals surface area (Å²) < 4.78 is 12.1. The van der Waals surface area contributed by atoms with Crippen LogP contribution in [0.1, 0.15) is 30.0 Å². The molecular weight excluding hydrogens is 338 g/mol. The van der Waals surface area contributed by atoms with Crippen LogP contribution in [0.3, 0.4) is 0 Å². The van der Waals surface area contributed by atoms with Gasteiger partial charge in [0, 0.05) is 31.3 Å². The minimum Gasteiger partial charge on any atom is -0.497 e. The van der Waals surface area contributed by atoms with Crippen LogP contribution in [0.25, 0.3) is 0 Å². The second-order valence-corrected chi connectivity index (χ2v) is 5.85. The third-order valence-corrected chi connectivity index (χ3v) is 3.93. The van der Waals surface area contributed by atoms with Crippen LogP contribution in [0.2, 0.25) is 0 Å². The predicted octanol–water partition coefficient (Wildman–Crippen LogP) is 1.70. The van der Waals surface area contributed by atoms with Crippen LogP contribution in [0.5, 0.6) is 11.5 Å². The normalized spacial score (nSPS) is 11.7. The highest BCUT2D eigenvalue weighted by Crippen LogP contribution is 2.31. The van der Waals surface area contributed by atoms with E-state index in [1.54, 1.807) is 29.1 Å². The molecule has 2 rings (SSSR count). The first-order chi connectivity index (χ1) is 12.4. The molecule has 0 radical (unpaired) electrons. The molecule has 8 heteroatoms. The predicted molar refractivity (Wildman–Crippen MR) is 94.2 cm³/mol. The monoisotopic (exact) mass is 361 g/mol. The lowest BCUT2D eigenvalue weighted by Gasteiger charge is -2.20. The maximum absolute atomic E-state index is 12.3. The van der Waals surface area contributed by atoms with Crippen molar-refractivity contribution in [3.05, 3.63) is 41.7 Å². The molecular formula is C18H23N3O5. The number of hydrogen-bond donors (Lipinski definition) is 2. The molecule has 1 amide bonds. The van der Waals surface area contributed by atoms with Gasteiger partial charge in [0.25, 0.3) is 0 Å². The van der Waals surface area contributed by atoms with E-state index in [0.717, 1.165) is 5.56 Å². The number of carboxylic acid groups (broad SMARTS) is 1. The first-order valence-electron chi connectivity index (χ1n) is 8.13. The van der Waals surface area contributed by atoms with E-state index in [1.807, 2.05) is 13.2 Å². The number of hydrogen-bond acceptors (Lipinski definition) is 5. The summed E-state index contributed by atoms with van der Waals surface area (Å²) in [5, 5.41) is 16.1. The fraction of sp³-hybridized carbons (Fsp3) is 0.389. The molecule has 0 bridgehead atoms. The zero-order valence-corrected chi connectivity index (χ0v) is 15.1. The van der Waals surface area contributed by atoms with Gasteiger partial charge in [0.15, 0.2) is 0 Å². The third-order valence-electron chi connectivity index (χ3n) is 3.93. The Morgan fingerprint density at radius 1 is 1.31 bits per heavy atom. The summed E-state index contributed by atoms with van der Waals surface area (Å²) in [6.45, 7) is 0. The lowest BCUT2D eigenvalue weighted by atomic mass is 10.0. The number of methoxy groups -OCH3 is 2. The molecule has 0 spiro atoms. The Hall–Kier alpha value is -3.03. The summed E-state index contributed by atoms with van der Waals surface area (Å²) in [5.41, 5.74) is 1.53. The van der Waals surface area contributed by atoms with Crippen LogP contribution in [0.4, 0.5) is 0 Å². The number of carbonyl (C=O) groups is 2. The van der Waals surface area contributed by atoms with Crippen LogP contribution < -0.4 is 14.8 Å². The molecule has 2 N–H and O–H groups in total. The highest BCUT2D eigenvalue weighted by molar-refractivity contribution is 5.78. The Balaban J connectivity index is 2.11. The van der Waals surface area contributed by atoms with Crippen LogP contribution in [0, 0.1) is 0 Å². The number of ether oxygens (including phenoxy) is 2. The lowest BCUT2D eigenvalue weighted by Crippen LogP contribution is -2.30. The zero-order chi connectivity index (χ0) is 19.1. The summed E-state index contributed by atoms with van der Waals surface area (Å²) in [4.78, 5) is 23.6. The number of amides is 1. The van der Waals surface area contributed by atoms with Gasteiger partial charge < -0.3 is 19.9 Å². The Morgan fingerprint density at radius 2 is 2.08 bits per heavy atom. The number of aromatic nitrogens is 2. The molecule has 0 fully saturated rings. The second kappa shape index (κ2) is 8.89. The zero-order valence-electron chi connectivity index (χ0n) is 15.1. The Kier molecular flexibility index (Phi) is 6.60. The smallest absolute Gasteiger partial charge is 0.305 e. The van der Waals surface area contributed by atoms with Gasteiger partial charge in [-0.1, -0.05) is 0 Å². The summed E-state index contributed by atoms with van der Waals surface area (Å²) in [5.74, 6) is -0.204. The van der Waals surface area contributed by atoms with E-state index < -0.39 is 12.0 Å². The maximum Gasteiger partial charge on any atom is 0.305 e. The molecule has 1 unspecified atom stereocenters. The maximum atomic E-state index is 12.3. The number of aryl methyl sites for hydroxylation is 2. The van der Waals surface area contributed by atoms with Crippen molar-refractivity contribution in [3.63, 3.8) is 0 Å². The molecule has 0 aliphatic rings. The van der Waals surface area contributed by atoms with Crippen LogP contribution in [-0.4, -0.2) is 41.0 Å². The first kappa shape index (κ1) is 19.3. The van der Waals surface area contributed by atoms with E-state index in [2.05, 4.69) is 10.4 Å². The lowest BCUT2D eigenvalue weighted by molar-refractivity contribution is -0.137. The molecule has 1 aromatic heterocycles. The molecule has 140 valence electrons. The fourth-order valence-corrected chi connectivity index (χ4v) is 2.65. The van der Waals surface area contributed by atoms with Crippen LogP contribution in [0.15, 0.2) is 30.6 Å². The second-order valence-electron chi connectivity index (χ2n) is 5.85. The number of benzene rings is 1. The summed E-state index contributed by atoms with van der Waals surface area (Å²) in [7, 11) is 4.83. The van der Waals surface area contributed by atoms with E-state index in [1.165, 1.54) is 14.2 Å². The van der Waals surface area contributed by atoms with E-state index in [0.29, 0.717) is 23.5 Å². The van der Waals surface area contributed by atoms with Crippen molar-refractivity contribution in [2.75, 3.05) is 14.2 Å². The number of aliphatic carboxylic acids is 1. The quantitative estimate of drug-likeness (QED) is 0.705. The van der Waals surface area contributed by atoms with Gasteiger partial charge in [-0.3, -0.25) is 14.3 Å². The molecule has 0 aliphatic heterocycles. The minimum atomic E-state index is -1.01. The minimum absolute atomic E-state index is 0.236. The van der Waals surface area contributed by atoms with Gasteiger partial charge in [0.2, 0.25) is 5.91 Å². The van der Waals surface area contributed by atoms with Gasteiger partial charge in [-0.2, -0.15) is 5.10 Å². The standard InChI is InChI=1S/C18H23N3O5/c1-21-11-12(10-19-21)4-7-17(22)20-15(9-18(23)24)14-6-5-13(25-2)8-16(14)26-3/h5-6,8,10-11,15H,4,7,9H2,1-3H3,(H,20,22)(H,23,24). The van der Waals surface area contributed by atoms with Gasteiger partial charge in [-0.25, -0.2) is 0 Å². The Morgan fingerprint density at radius 3 is 2.65 bits per heavy atom. The molecule has 0 aliphatic carbocycles. The summed E-state index contributed by atoms with van der Waals surface area (Å²) >= 11 is 0. The van der Waals surface area contributed by atoms with Crippen LogP contribution in [-0.2, 0) is 23.1 Å². The molecule has 1 atom stereocenters. The molecule has 26 heavy (non-hydrogen) atoms. The van der Waals surface area contributed by atoms with Gasteiger partial charge in [-0.15, -0.1) is 0 Å². The van der Waals surface area contributed by atoms with Crippen molar-refractivity contribution in [2.45, 2.75) is 25.3 Å². The number of carbonyl (C=O) groups excluding carboxylic acids is 1. The number of nitrogens with one attached hydrogen (secondary N) is 1. The number of nitrogens with zero attached hydrogens (tertiary/aromatic N) is 2. The molecule has 2 aromatic rings. The summed E-state index contributed by atoms with van der Waals surface area (Å²) in [6, 6.07) is 4.36. The average molecular weight is 361 g/mol. The largest absolute Gasteiger partial charge is 0.497 e. The van der Waals surface area contributed by atoms with Crippen molar-refractivity contribution in [3.8, 4) is 11.5 Å². The van der Waals surface area contributed by atoms with E-state index in [-0.39, 0.29) is 18.7 Å². The fourth-order valence-electron chi connectivity index (χ4n) is 2.65. The molecule has 0 saturated carbocycles. The molecule has 1 aromatic carbocycles. The highest BCUT2D eigenvalue weighted by Gasteiger charge is 2.22. The number of carboxylic acids is 1. The average Bonchev–Trinajstić information content (AvgIpc) is 3.03. The molecule has 8 nitrogen and oxygen atoms in total. The third kappa shape index (κ3) is 5.23. The number of rotatable bonds is 9. The van der Waals surface area contributed by atoms with Gasteiger partial charge in [0.05, 0.1) is 32.9 Å². The highest BCUT2D eigenvalue weighted by atomic mass is 16.5. The van der Waals surface area contributed by atoms with Crippen LogP contribution >= 0.6 is 0 Å².